The maximum Gasteiger partial charge on any atom is 0.396 e. The van der Waals surface area contributed by atoms with Crippen LogP contribution in [0.2, 0.25) is 0 Å². The van der Waals surface area contributed by atoms with Crippen molar-refractivity contribution in [2.45, 2.75) is 18.3 Å². The molecule has 1 aliphatic rings. The van der Waals surface area contributed by atoms with Crippen molar-refractivity contribution in [2.24, 2.45) is 11.7 Å². The molecule has 0 aromatic heterocycles. The van der Waals surface area contributed by atoms with Gasteiger partial charge in [0.15, 0.2) is 0 Å². The maximum atomic E-state index is 12.3. The van der Waals surface area contributed by atoms with Gasteiger partial charge in [-0.15, -0.1) is 0 Å². The molecule has 1 fully saturated rings. The quantitative estimate of drug-likeness (QED) is 0.523. The summed E-state index contributed by atoms with van der Waals surface area (Å²) in [5, 5.41) is 10.1. The Morgan fingerprint density at radius 1 is 1.50 bits per heavy atom. The predicted octanol–water partition coefficient (Wildman–Crippen LogP) is -0.925. The SMILES string of the molecule is NC1C(=O)N[C@H](C(=O)O)C1C(F)(F)F. The van der Waals surface area contributed by atoms with E-state index >= 15 is 0 Å². The van der Waals surface area contributed by atoms with Crippen molar-refractivity contribution < 1.29 is 27.9 Å². The summed E-state index contributed by atoms with van der Waals surface area (Å²) in [6, 6.07) is -3.84. The van der Waals surface area contributed by atoms with Crippen molar-refractivity contribution in [2.75, 3.05) is 0 Å². The summed E-state index contributed by atoms with van der Waals surface area (Å²) in [7, 11) is 0. The first-order valence-corrected chi connectivity index (χ1v) is 3.60. The number of carboxylic acids is 1. The number of halogens is 3. The smallest absolute Gasteiger partial charge is 0.396 e. The maximum absolute atomic E-state index is 12.3. The van der Waals surface area contributed by atoms with Crippen molar-refractivity contribution in [3.8, 4) is 0 Å². The number of amides is 1. The Hall–Kier alpha value is -1.31. The topological polar surface area (TPSA) is 92.4 Å². The molecule has 0 aromatic rings. The number of hydrogen-bond acceptors (Lipinski definition) is 3. The van der Waals surface area contributed by atoms with Gasteiger partial charge in [-0.25, -0.2) is 4.79 Å². The van der Waals surface area contributed by atoms with Gasteiger partial charge in [-0.2, -0.15) is 13.2 Å². The van der Waals surface area contributed by atoms with E-state index in [1.54, 1.807) is 5.32 Å². The number of carboxylic acid groups (broad SMARTS) is 1. The molecule has 4 N–H and O–H groups in total. The van der Waals surface area contributed by atoms with E-state index in [0.717, 1.165) is 0 Å². The minimum Gasteiger partial charge on any atom is -0.480 e. The zero-order valence-electron chi connectivity index (χ0n) is 6.71. The molecule has 8 heteroatoms. The molecule has 0 aromatic carbocycles. The molecule has 3 atom stereocenters. The summed E-state index contributed by atoms with van der Waals surface area (Å²) in [6.07, 6.45) is -4.80. The summed E-state index contributed by atoms with van der Waals surface area (Å²) in [6.45, 7) is 0. The number of carbonyl (C=O) groups is 2. The highest BCUT2D eigenvalue weighted by atomic mass is 19.4. The van der Waals surface area contributed by atoms with Crippen LogP contribution < -0.4 is 11.1 Å². The van der Waals surface area contributed by atoms with E-state index in [2.05, 4.69) is 0 Å². The Balaban J connectivity index is 2.99. The summed E-state index contributed by atoms with van der Waals surface area (Å²) < 4.78 is 36.8. The second-order valence-electron chi connectivity index (χ2n) is 2.92. The van der Waals surface area contributed by atoms with Crippen LogP contribution in [-0.4, -0.2) is 35.2 Å². The van der Waals surface area contributed by atoms with Crippen LogP contribution in [0, 0.1) is 5.92 Å². The van der Waals surface area contributed by atoms with Gasteiger partial charge in [0.05, 0.1) is 6.04 Å². The number of carbonyl (C=O) groups excluding carboxylic acids is 1. The first-order chi connectivity index (χ1) is 6.25. The molecule has 5 nitrogen and oxygen atoms in total. The highest BCUT2D eigenvalue weighted by Gasteiger charge is 2.57. The molecular weight excluding hydrogens is 205 g/mol. The van der Waals surface area contributed by atoms with Crippen LogP contribution in [0.15, 0.2) is 0 Å². The largest absolute Gasteiger partial charge is 0.480 e. The average molecular weight is 212 g/mol. The average Bonchev–Trinajstić information content (AvgIpc) is 2.27. The molecule has 1 aliphatic heterocycles. The molecule has 1 amide bonds. The molecular formula is C6H7F3N2O3. The van der Waals surface area contributed by atoms with Gasteiger partial charge in [0.2, 0.25) is 5.91 Å². The Morgan fingerprint density at radius 3 is 2.29 bits per heavy atom. The molecule has 0 radical (unpaired) electrons. The second-order valence-corrected chi connectivity index (χ2v) is 2.92. The minimum absolute atomic E-state index is 1.10. The Bertz CT molecular complexity index is 278. The Kier molecular flexibility index (Phi) is 2.40. The highest BCUT2D eigenvalue weighted by Crippen LogP contribution is 2.34. The molecule has 1 saturated heterocycles. The molecule has 0 spiro atoms. The van der Waals surface area contributed by atoms with Crippen LogP contribution in [-0.2, 0) is 9.59 Å². The lowest BCUT2D eigenvalue weighted by Crippen LogP contribution is -2.46. The Morgan fingerprint density at radius 2 is 2.00 bits per heavy atom. The van der Waals surface area contributed by atoms with Crippen LogP contribution >= 0.6 is 0 Å². The molecule has 0 saturated carbocycles. The van der Waals surface area contributed by atoms with Gasteiger partial charge in [0.1, 0.15) is 12.0 Å². The zero-order chi connectivity index (χ0) is 11.1. The first-order valence-electron chi connectivity index (χ1n) is 3.60. The number of rotatable bonds is 1. The predicted molar refractivity (Wildman–Crippen MR) is 37.1 cm³/mol. The van der Waals surface area contributed by atoms with Gasteiger partial charge in [0, 0.05) is 0 Å². The van der Waals surface area contributed by atoms with Crippen LogP contribution in [0.5, 0.6) is 0 Å². The van der Waals surface area contributed by atoms with E-state index in [-0.39, 0.29) is 0 Å². The monoisotopic (exact) mass is 212 g/mol. The van der Waals surface area contributed by atoms with E-state index in [0.29, 0.717) is 0 Å². The van der Waals surface area contributed by atoms with E-state index in [1.165, 1.54) is 0 Å². The fraction of sp³-hybridized carbons (Fsp3) is 0.667. The zero-order valence-corrected chi connectivity index (χ0v) is 6.71. The second kappa shape index (κ2) is 3.12. The van der Waals surface area contributed by atoms with Crippen molar-refractivity contribution in [3.63, 3.8) is 0 Å². The van der Waals surface area contributed by atoms with Crippen molar-refractivity contribution in [3.05, 3.63) is 0 Å². The third-order valence-corrected chi connectivity index (χ3v) is 1.99. The molecule has 14 heavy (non-hydrogen) atoms. The van der Waals surface area contributed by atoms with Crippen molar-refractivity contribution >= 4 is 11.9 Å². The summed E-state index contributed by atoms with van der Waals surface area (Å²) in [5.74, 6) is -5.21. The fourth-order valence-electron chi connectivity index (χ4n) is 1.32. The molecule has 2 unspecified atom stereocenters. The van der Waals surface area contributed by atoms with Gasteiger partial charge in [-0.05, 0) is 0 Å². The number of alkyl halides is 3. The van der Waals surface area contributed by atoms with E-state index in [9.17, 15) is 22.8 Å². The van der Waals surface area contributed by atoms with E-state index in [4.69, 9.17) is 10.8 Å². The number of nitrogens with two attached hydrogens (primary N) is 1. The normalized spacial score (nSPS) is 32.9. The standard InChI is InChI=1S/C6H7F3N2O3/c7-6(8,9)1-2(10)4(12)11-3(1)5(13)14/h1-3H,10H2,(H,11,12)(H,13,14)/t1?,2?,3-/m0/s1. The van der Waals surface area contributed by atoms with E-state index in [1.807, 2.05) is 0 Å². The third kappa shape index (κ3) is 1.65. The lowest BCUT2D eigenvalue weighted by molar-refractivity contribution is -0.186. The third-order valence-electron chi connectivity index (χ3n) is 1.99. The molecule has 0 bridgehead atoms. The molecule has 0 aliphatic carbocycles. The lowest BCUT2D eigenvalue weighted by atomic mass is 9.96. The van der Waals surface area contributed by atoms with Crippen molar-refractivity contribution in [1.29, 1.82) is 0 Å². The number of aliphatic carboxylic acids is 1. The van der Waals surface area contributed by atoms with Gasteiger partial charge in [-0.1, -0.05) is 0 Å². The van der Waals surface area contributed by atoms with Gasteiger partial charge in [-0.3, -0.25) is 4.79 Å². The van der Waals surface area contributed by atoms with Crippen molar-refractivity contribution in [1.82, 2.24) is 5.32 Å². The van der Waals surface area contributed by atoms with Gasteiger partial charge < -0.3 is 16.2 Å². The first kappa shape index (κ1) is 10.8. The summed E-state index contributed by atoms with van der Waals surface area (Å²) in [4.78, 5) is 21.1. The number of nitrogens with one attached hydrogen (secondary N) is 1. The van der Waals surface area contributed by atoms with Crippen LogP contribution in [0.1, 0.15) is 0 Å². The van der Waals surface area contributed by atoms with Gasteiger partial charge >= 0.3 is 12.1 Å². The van der Waals surface area contributed by atoms with E-state index < -0.39 is 36.1 Å². The summed E-state index contributed by atoms with van der Waals surface area (Å²) >= 11 is 0. The summed E-state index contributed by atoms with van der Waals surface area (Å²) in [5.41, 5.74) is 4.94. The highest BCUT2D eigenvalue weighted by molar-refractivity contribution is 5.91. The molecule has 1 rings (SSSR count). The molecule has 1 heterocycles. The fourth-order valence-corrected chi connectivity index (χ4v) is 1.32. The Labute approximate surface area is 76.1 Å². The lowest BCUT2D eigenvalue weighted by Gasteiger charge is -2.20. The minimum atomic E-state index is -4.80. The van der Waals surface area contributed by atoms with Crippen LogP contribution in [0.4, 0.5) is 13.2 Å². The van der Waals surface area contributed by atoms with Gasteiger partial charge in [0.25, 0.3) is 0 Å². The molecule has 80 valence electrons. The number of hydrogen-bond donors (Lipinski definition) is 3. The van der Waals surface area contributed by atoms with Crippen LogP contribution in [0.3, 0.4) is 0 Å². The van der Waals surface area contributed by atoms with Crippen LogP contribution in [0.25, 0.3) is 0 Å².